The van der Waals surface area contributed by atoms with Crippen molar-refractivity contribution in [1.29, 1.82) is 5.26 Å². The second kappa shape index (κ2) is 7.13. The van der Waals surface area contributed by atoms with Gasteiger partial charge >= 0.3 is 5.97 Å². The van der Waals surface area contributed by atoms with Crippen LogP contribution in [0.15, 0.2) is 29.6 Å². The zero-order valence-electron chi connectivity index (χ0n) is 12.0. The normalized spacial score (nSPS) is 11.3. The van der Waals surface area contributed by atoms with E-state index < -0.39 is 18.0 Å². The molecule has 3 N–H and O–H groups in total. The Balaban J connectivity index is 2.05. The highest BCUT2D eigenvalue weighted by atomic mass is 35.5. The Morgan fingerprint density at radius 3 is 2.87 bits per heavy atom. The summed E-state index contributed by atoms with van der Waals surface area (Å²) in [5.74, 6) is -1.29. The molecule has 0 aliphatic heterocycles. The third-order valence-electron chi connectivity index (χ3n) is 2.95. The summed E-state index contributed by atoms with van der Waals surface area (Å²) in [6.45, 7) is 1.42. The largest absolute Gasteiger partial charge is 0.449 e. The fraction of sp³-hybridized carbons (Fsp3) is 0.133. The first-order chi connectivity index (χ1) is 10.9. The Morgan fingerprint density at radius 2 is 2.17 bits per heavy atom. The van der Waals surface area contributed by atoms with Gasteiger partial charge in [-0.25, -0.2) is 4.79 Å². The molecule has 6 nitrogen and oxygen atoms in total. The summed E-state index contributed by atoms with van der Waals surface area (Å²) in [6.07, 6.45) is -1.06. The van der Waals surface area contributed by atoms with Crippen LogP contribution in [-0.2, 0) is 9.53 Å². The van der Waals surface area contributed by atoms with Crippen molar-refractivity contribution >= 4 is 45.5 Å². The summed E-state index contributed by atoms with van der Waals surface area (Å²) in [7, 11) is 0. The molecule has 0 aliphatic carbocycles. The van der Waals surface area contributed by atoms with Crippen molar-refractivity contribution in [2.75, 3.05) is 11.1 Å². The second-order valence-electron chi connectivity index (χ2n) is 4.51. The lowest BCUT2D eigenvalue weighted by atomic mass is 10.2. The third-order valence-corrected chi connectivity index (χ3v) is 4.11. The van der Waals surface area contributed by atoms with Crippen LogP contribution in [0.2, 0.25) is 5.02 Å². The Morgan fingerprint density at radius 1 is 1.43 bits per heavy atom. The Bertz CT molecular complexity index is 798. The van der Waals surface area contributed by atoms with Crippen molar-refractivity contribution in [3.8, 4) is 6.07 Å². The molecule has 0 saturated carbocycles. The molecule has 0 aliphatic rings. The molecule has 0 saturated heterocycles. The van der Waals surface area contributed by atoms with E-state index in [0.29, 0.717) is 10.6 Å². The van der Waals surface area contributed by atoms with Gasteiger partial charge in [-0.2, -0.15) is 5.26 Å². The van der Waals surface area contributed by atoms with E-state index in [4.69, 9.17) is 27.3 Å². The topological polar surface area (TPSA) is 105 Å². The number of nitrogens with two attached hydrogens (primary N) is 1. The summed E-state index contributed by atoms with van der Waals surface area (Å²) in [5.41, 5.74) is 6.25. The van der Waals surface area contributed by atoms with Crippen LogP contribution in [0.4, 0.5) is 10.7 Å². The highest BCUT2D eigenvalue weighted by Crippen LogP contribution is 2.24. The monoisotopic (exact) mass is 349 g/mol. The molecule has 8 heteroatoms. The van der Waals surface area contributed by atoms with Crippen molar-refractivity contribution < 1.29 is 14.3 Å². The van der Waals surface area contributed by atoms with E-state index in [1.807, 2.05) is 6.07 Å². The van der Waals surface area contributed by atoms with Gasteiger partial charge < -0.3 is 15.8 Å². The highest BCUT2D eigenvalue weighted by molar-refractivity contribution is 7.14. The minimum atomic E-state index is -1.06. The van der Waals surface area contributed by atoms with Gasteiger partial charge in [-0.05, 0) is 30.5 Å². The lowest BCUT2D eigenvalue weighted by molar-refractivity contribution is -0.123. The third kappa shape index (κ3) is 3.80. The smallest absolute Gasteiger partial charge is 0.341 e. The number of nitrogens with zero attached hydrogens (tertiary/aromatic N) is 1. The number of benzene rings is 1. The number of hydrogen-bond donors (Lipinski definition) is 2. The van der Waals surface area contributed by atoms with Crippen molar-refractivity contribution in [2.45, 2.75) is 13.0 Å². The molecule has 1 amide bonds. The summed E-state index contributed by atoms with van der Waals surface area (Å²) < 4.78 is 5.09. The van der Waals surface area contributed by atoms with E-state index >= 15 is 0 Å². The van der Waals surface area contributed by atoms with E-state index in [0.717, 1.165) is 0 Å². The fourth-order valence-electron chi connectivity index (χ4n) is 1.70. The van der Waals surface area contributed by atoms with Crippen LogP contribution in [0.5, 0.6) is 0 Å². The molecule has 1 atom stereocenters. The summed E-state index contributed by atoms with van der Waals surface area (Å²) in [5, 5.41) is 13.8. The van der Waals surface area contributed by atoms with Gasteiger partial charge in [0.2, 0.25) is 0 Å². The Kier molecular flexibility index (Phi) is 5.21. The predicted molar refractivity (Wildman–Crippen MR) is 88.4 cm³/mol. The van der Waals surface area contributed by atoms with Gasteiger partial charge in [0.15, 0.2) is 6.10 Å². The number of para-hydroxylation sites is 1. The van der Waals surface area contributed by atoms with Crippen molar-refractivity contribution in [3.05, 3.63) is 45.8 Å². The molecule has 23 heavy (non-hydrogen) atoms. The molecule has 1 heterocycles. The van der Waals surface area contributed by atoms with Crippen LogP contribution < -0.4 is 11.1 Å². The number of anilines is 2. The first-order valence-electron chi connectivity index (χ1n) is 6.47. The number of nitriles is 1. The van der Waals surface area contributed by atoms with Crippen molar-refractivity contribution in [2.24, 2.45) is 0 Å². The molecule has 2 rings (SSSR count). The number of nitrogens with one attached hydrogen (secondary N) is 1. The zero-order valence-corrected chi connectivity index (χ0v) is 13.6. The predicted octanol–water partition coefficient (Wildman–Crippen LogP) is 3.04. The molecule has 118 valence electrons. The van der Waals surface area contributed by atoms with Gasteiger partial charge in [-0.3, -0.25) is 4.79 Å². The second-order valence-corrected chi connectivity index (χ2v) is 5.84. The fourth-order valence-corrected chi connectivity index (χ4v) is 2.62. The average molecular weight is 350 g/mol. The SMILES string of the molecule is CC(OC(=O)c1cccc(Cl)c1N)C(=O)Nc1sccc1C#N. The lowest BCUT2D eigenvalue weighted by Gasteiger charge is -2.14. The average Bonchev–Trinajstić information content (AvgIpc) is 2.96. The molecule has 1 unspecified atom stereocenters. The number of amides is 1. The molecule has 0 fully saturated rings. The van der Waals surface area contributed by atoms with Gasteiger partial charge in [0.05, 0.1) is 21.8 Å². The number of carbonyl (C=O) groups excluding carboxylic acids is 2. The molecular weight excluding hydrogens is 338 g/mol. The summed E-state index contributed by atoms with van der Waals surface area (Å²) in [6, 6.07) is 8.11. The molecule has 0 bridgehead atoms. The molecule has 0 spiro atoms. The van der Waals surface area contributed by atoms with Gasteiger partial charge in [0, 0.05) is 0 Å². The maximum absolute atomic E-state index is 12.1. The zero-order chi connectivity index (χ0) is 17.0. The van der Waals surface area contributed by atoms with E-state index in [9.17, 15) is 9.59 Å². The number of nitrogen functional groups attached to an aromatic ring is 1. The van der Waals surface area contributed by atoms with E-state index in [-0.39, 0.29) is 16.3 Å². The van der Waals surface area contributed by atoms with E-state index in [2.05, 4.69) is 5.32 Å². The highest BCUT2D eigenvalue weighted by Gasteiger charge is 2.22. The van der Waals surface area contributed by atoms with Crippen LogP contribution in [0.1, 0.15) is 22.8 Å². The molecule has 2 aromatic rings. The summed E-state index contributed by atoms with van der Waals surface area (Å²) >= 11 is 7.05. The molecule has 0 radical (unpaired) electrons. The number of hydrogen-bond acceptors (Lipinski definition) is 6. The van der Waals surface area contributed by atoms with Crippen molar-refractivity contribution in [3.63, 3.8) is 0 Å². The Labute approximate surface area is 141 Å². The first kappa shape index (κ1) is 16.8. The van der Waals surface area contributed by atoms with Gasteiger partial charge in [0.25, 0.3) is 5.91 Å². The molecule has 1 aromatic carbocycles. The molecular formula is C15H12ClN3O3S. The maximum Gasteiger partial charge on any atom is 0.341 e. The van der Waals surface area contributed by atoms with Crippen LogP contribution in [0.3, 0.4) is 0 Å². The van der Waals surface area contributed by atoms with Crippen LogP contribution in [0.25, 0.3) is 0 Å². The van der Waals surface area contributed by atoms with Crippen LogP contribution in [-0.4, -0.2) is 18.0 Å². The quantitative estimate of drug-likeness (QED) is 0.652. The number of esters is 1. The maximum atomic E-state index is 12.1. The minimum absolute atomic E-state index is 0.0889. The van der Waals surface area contributed by atoms with E-state index in [1.54, 1.807) is 23.6 Å². The van der Waals surface area contributed by atoms with Gasteiger partial charge in [-0.15, -0.1) is 11.3 Å². The number of carbonyl (C=O) groups is 2. The molecule has 1 aromatic heterocycles. The minimum Gasteiger partial charge on any atom is -0.449 e. The lowest BCUT2D eigenvalue weighted by Crippen LogP contribution is -2.30. The van der Waals surface area contributed by atoms with E-state index in [1.165, 1.54) is 24.3 Å². The van der Waals surface area contributed by atoms with Crippen LogP contribution in [0, 0.1) is 11.3 Å². The van der Waals surface area contributed by atoms with Crippen molar-refractivity contribution in [1.82, 2.24) is 0 Å². The number of ether oxygens (including phenoxy) is 1. The standard InChI is InChI=1S/C15H12ClN3O3S/c1-8(13(20)19-14-9(7-17)5-6-23-14)22-15(21)10-3-2-4-11(16)12(10)18/h2-6,8H,18H2,1H3,(H,19,20). The van der Waals surface area contributed by atoms with Gasteiger partial charge in [0.1, 0.15) is 11.1 Å². The number of halogens is 1. The first-order valence-corrected chi connectivity index (χ1v) is 7.73. The number of thiophene rings is 1. The van der Waals surface area contributed by atoms with Gasteiger partial charge in [-0.1, -0.05) is 17.7 Å². The number of rotatable bonds is 4. The summed E-state index contributed by atoms with van der Waals surface area (Å²) in [4.78, 5) is 24.1. The van der Waals surface area contributed by atoms with Crippen LogP contribution >= 0.6 is 22.9 Å². The Hall–Kier alpha value is -2.56.